The van der Waals surface area contributed by atoms with Crippen molar-refractivity contribution in [2.45, 2.75) is 44.6 Å². The molecule has 1 aliphatic carbocycles. The molecule has 1 fully saturated rings. The molecule has 2 aliphatic rings. The monoisotopic (exact) mass is 352 g/mol. The van der Waals surface area contributed by atoms with Gasteiger partial charge in [0.15, 0.2) is 11.5 Å². The van der Waals surface area contributed by atoms with E-state index in [0.717, 1.165) is 18.4 Å². The first kappa shape index (κ1) is 17.2. The van der Waals surface area contributed by atoms with Crippen LogP contribution in [0.4, 0.5) is 4.79 Å². The van der Waals surface area contributed by atoms with Crippen LogP contribution in [0.1, 0.15) is 37.7 Å². The third kappa shape index (κ3) is 4.07. The van der Waals surface area contributed by atoms with Gasteiger partial charge in [0.2, 0.25) is 0 Å². The van der Waals surface area contributed by atoms with E-state index < -0.39 is 0 Å². The number of ether oxygens (including phenoxy) is 2. The molecule has 6 heteroatoms. The summed E-state index contributed by atoms with van der Waals surface area (Å²) in [6.45, 7) is 1.64. The van der Waals surface area contributed by atoms with E-state index in [1.165, 1.54) is 19.3 Å². The van der Waals surface area contributed by atoms with Gasteiger partial charge in [0, 0.05) is 19.6 Å². The second kappa shape index (κ2) is 7.97. The topological polar surface area (TPSA) is 50.8 Å². The van der Waals surface area contributed by atoms with E-state index in [2.05, 4.69) is 5.32 Å². The Morgan fingerprint density at radius 1 is 1.25 bits per heavy atom. The smallest absolute Gasteiger partial charge is 0.317 e. The standard InChI is InChI=1S/C18H25ClN2O3/c1-21(14-5-3-2-4-6-14)18(22)20-8-7-13-11-15(19)17-16(12-13)23-9-10-24-17/h11-12,14H,2-10H2,1H3,(H,20,22). The van der Waals surface area contributed by atoms with Crippen LogP contribution >= 0.6 is 11.6 Å². The summed E-state index contributed by atoms with van der Waals surface area (Å²) in [4.78, 5) is 14.1. The molecule has 24 heavy (non-hydrogen) atoms. The molecule has 0 saturated heterocycles. The van der Waals surface area contributed by atoms with Crippen LogP contribution in [0.2, 0.25) is 5.02 Å². The summed E-state index contributed by atoms with van der Waals surface area (Å²) in [5, 5.41) is 3.56. The second-order valence-corrected chi connectivity index (χ2v) is 6.89. The molecule has 1 N–H and O–H groups in total. The first-order valence-corrected chi connectivity index (χ1v) is 9.11. The lowest BCUT2D eigenvalue weighted by atomic mass is 9.95. The van der Waals surface area contributed by atoms with Gasteiger partial charge in [-0.05, 0) is 37.0 Å². The van der Waals surface area contributed by atoms with Crippen LogP contribution in [0.3, 0.4) is 0 Å². The summed E-state index contributed by atoms with van der Waals surface area (Å²) in [6.07, 6.45) is 6.66. The Hall–Kier alpha value is -1.62. The lowest BCUT2D eigenvalue weighted by Gasteiger charge is -2.31. The van der Waals surface area contributed by atoms with E-state index in [1.54, 1.807) is 0 Å². The highest BCUT2D eigenvalue weighted by Gasteiger charge is 2.22. The molecule has 1 aromatic rings. The van der Waals surface area contributed by atoms with Crippen molar-refractivity contribution in [1.29, 1.82) is 0 Å². The minimum Gasteiger partial charge on any atom is -0.486 e. The molecular weight excluding hydrogens is 328 g/mol. The maximum absolute atomic E-state index is 12.3. The molecule has 0 bridgehead atoms. The second-order valence-electron chi connectivity index (χ2n) is 6.49. The Labute approximate surface area is 148 Å². The Morgan fingerprint density at radius 2 is 2.00 bits per heavy atom. The Kier molecular flexibility index (Phi) is 5.72. The fraction of sp³-hybridized carbons (Fsp3) is 0.611. The molecule has 0 aromatic heterocycles. The Morgan fingerprint density at radius 3 is 2.79 bits per heavy atom. The average Bonchev–Trinajstić information content (AvgIpc) is 2.62. The van der Waals surface area contributed by atoms with Gasteiger partial charge in [0.05, 0.1) is 5.02 Å². The van der Waals surface area contributed by atoms with Gasteiger partial charge in [-0.25, -0.2) is 4.79 Å². The Bertz CT molecular complexity index is 588. The minimum absolute atomic E-state index is 0.00513. The van der Waals surface area contributed by atoms with Gasteiger partial charge in [-0.3, -0.25) is 0 Å². The maximum Gasteiger partial charge on any atom is 0.317 e. The van der Waals surface area contributed by atoms with E-state index in [9.17, 15) is 4.79 Å². The lowest BCUT2D eigenvalue weighted by molar-refractivity contribution is 0.171. The van der Waals surface area contributed by atoms with Crippen molar-refractivity contribution in [3.8, 4) is 11.5 Å². The summed E-state index contributed by atoms with van der Waals surface area (Å²) < 4.78 is 11.1. The zero-order chi connectivity index (χ0) is 16.9. The summed E-state index contributed by atoms with van der Waals surface area (Å²) in [5.41, 5.74) is 1.03. The predicted octanol–water partition coefficient (Wildman–Crippen LogP) is 3.63. The quantitative estimate of drug-likeness (QED) is 0.900. The number of rotatable bonds is 4. The van der Waals surface area contributed by atoms with Crippen molar-refractivity contribution in [1.82, 2.24) is 10.2 Å². The number of halogens is 1. The van der Waals surface area contributed by atoms with Crippen molar-refractivity contribution < 1.29 is 14.3 Å². The minimum atomic E-state index is 0.00513. The van der Waals surface area contributed by atoms with Crippen molar-refractivity contribution in [2.24, 2.45) is 0 Å². The fourth-order valence-electron chi connectivity index (χ4n) is 3.38. The van der Waals surface area contributed by atoms with Gasteiger partial charge in [-0.15, -0.1) is 0 Å². The summed E-state index contributed by atoms with van der Waals surface area (Å²) >= 11 is 6.24. The third-order valence-corrected chi connectivity index (χ3v) is 5.07. The van der Waals surface area contributed by atoms with Crippen LogP contribution in [-0.4, -0.2) is 43.8 Å². The molecule has 0 radical (unpaired) electrons. The number of benzene rings is 1. The van der Waals surface area contributed by atoms with Gasteiger partial charge in [0.25, 0.3) is 0 Å². The Balaban J connectivity index is 1.50. The van der Waals surface area contributed by atoms with Crippen molar-refractivity contribution in [3.63, 3.8) is 0 Å². The third-order valence-electron chi connectivity index (χ3n) is 4.79. The number of urea groups is 1. The molecule has 0 atom stereocenters. The molecule has 1 saturated carbocycles. The molecule has 0 spiro atoms. The van der Waals surface area contributed by atoms with Gasteiger partial charge >= 0.3 is 6.03 Å². The van der Waals surface area contributed by atoms with Crippen molar-refractivity contribution in [3.05, 3.63) is 22.7 Å². The van der Waals surface area contributed by atoms with E-state index in [0.29, 0.717) is 48.7 Å². The predicted molar refractivity (Wildman–Crippen MR) is 94.2 cm³/mol. The summed E-state index contributed by atoms with van der Waals surface area (Å²) in [6, 6.07) is 4.21. The number of fused-ring (bicyclic) bond motifs is 1. The lowest BCUT2D eigenvalue weighted by Crippen LogP contribution is -2.44. The number of hydrogen-bond acceptors (Lipinski definition) is 3. The molecule has 5 nitrogen and oxygen atoms in total. The molecule has 1 aromatic carbocycles. The zero-order valence-electron chi connectivity index (χ0n) is 14.1. The van der Waals surface area contributed by atoms with Gasteiger partial charge in [0.1, 0.15) is 13.2 Å². The van der Waals surface area contributed by atoms with Gasteiger partial charge < -0.3 is 19.7 Å². The molecule has 1 aliphatic heterocycles. The molecule has 0 unspecified atom stereocenters. The van der Waals surface area contributed by atoms with Crippen LogP contribution in [0, 0.1) is 0 Å². The number of nitrogens with zero attached hydrogens (tertiary/aromatic N) is 1. The number of carbonyl (C=O) groups excluding carboxylic acids is 1. The molecular formula is C18H25ClN2O3. The molecule has 132 valence electrons. The van der Waals surface area contributed by atoms with E-state index in [-0.39, 0.29) is 6.03 Å². The highest BCUT2D eigenvalue weighted by Crippen LogP contribution is 2.38. The first-order valence-electron chi connectivity index (χ1n) is 8.74. The number of nitrogens with one attached hydrogen (secondary N) is 1. The molecule has 3 rings (SSSR count). The van der Waals surface area contributed by atoms with Crippen molar-refractivity contribution >= 4 is 17.6 Å². The highest BCUT2D eigenvalue weighted by molar-refractivity contribution is 6.32. The summed E-state index contributed by atoms with van der Waals surface area (Å²) in [7, 11) is 1.90. The number of carbonyl (C=O) groups is 1. The molecule has 2 amide bonds. The molecule has 1 heterocycles. The normalized spacial score (nSPS) is 17.4. The SMILES string of the molecule is CN(C(=O)NCCc1cc(Cl)c2c(c1)OCCO2)C1CCCCC1. The largest absolute Gasteiger partial charge is 0.486 e. The maximum atomic E-state index is 12.3. The van der Waals surface area contributed by atoms with Crippen LogP contribution in [0.15, 0.2) is 12.1 Å². The number of amides is 2. The first-order chi connectivity index (χ1) is 11.6. The van der Waals surface area contributed by atoms with E-state index >= 15 is 0 Å². The average molecular weight is 353 g/mol. The van der Waals surface area contributed by atoms with E-state index in [1.807, 2.05) is 24.1 Å². The summed E-state index contributed by atoms with van der Waals surface area (Å²) in [5.74, 6) is 1.31. The van der Waals surface area contributed by atoms with Crippen LogP contribution in [0.25, 0.3) is 0 Å². The van der Waals surface area contributed by atoms with E-state index in [4.69, 9.17) is 21.1 Å². The van der Waals surface area contributed by atoms with Crippen molar-refractivity contribution in [2.75, 3.05) is 26.8 Å². The van der Waals surface area contributed by atoms with Crippen LogP contribution in [-0.2, 0) is 6.42 Å². The highest BCUT2D eigenvalue weighted by atomic mass is 35.5. The number of hydrogen-bond donors (Lipinski definition) is 1. The van der Waals surface area contributed by atoms with Crippen LogP contribution in [0.5, 0.6) is 11.5 Å². The van der Waals surface area contributed by atoms with Gasteiger partial charge in [-0.2, -0.15) is 0 Å². The van der Waals surface area contributed by atoms with Gasteiger partial charge in [-0.1, -0.05) is 30.9 Å². The zero-order valence-corrected chi connectivity index (χ0v) is 14.9. The fourth-order valence-corrected chi connectivity index (χ4v) is 3.67. The van der Waals surface area contributed by atoms with Crippen LogP contribution < -0.4 is 14.8 Å².